The van der Waals surface area contributed by atoms with Gasteiger partial charge in [-0.05, 0) is 19.1 Å². The van der Waals surface area contributed by atoms with Crippen molar-refractivity contribution in [1.82, 2.24) is 4.98 Å². The normalized spacial score (nSPS) is 10.6. The maximum Gasteiger partial charge on any atom is 0.323 e. The predicted molar refractivity (Wildman–Crippen MR) is 71.7 cm³/mol. The molecule has 5 nitrogen and oxygen atoms in total. The number of nitrogens with zero attached hydrogens (tertiary/aromatic N) is 2. The minimum absolute atomic E-state index is 0.0657. The lowest BCUT2D eigenvalue weighted by Crippen LogP contribution is -2.24. The Morgan fingerprint density at radius 2 is 2.33 bits per heavy atom. The summed E-state index contributed by atoms with van der Waals surface area (Å²) in [6.07, 6.45) is 0. The summed E-state index contributed by atoms with van der Waals surface area (Å²) >= 11 is 1.46. The van der Waals surface area contributed by atoms with E-state index < -0.39 is 5.97 Å². The molecular weight excluding hydrogens is 252 g/mol. The van der Waals surface area contributed by atoms with E-state index in [4.69, 9.17) is 9.84 Å². The first kappa shape index (κ1) is 12.6. The largest absolute Gasteiger partial charge is 0.492 e. The van der Waals surface area contributed by atoms with E-state index >= 15 is 0 Å². The fourth-order valence-electron chi connectivity index (χ4n) is 1.62. The summed E-state index contributed by atoms with van der Waals surface area (Å²) in [5.41, 5.74) is 0.789. The van der Waals surface area contributed by atoms with Crippen LogP contribution in [0.1, 0.15) is 6.92 Å². The molecule has 2 rings (SSSR count). The van der Waals surface area contributed by atoms with Crippen molar-refractivity contribution in [2.75, 3.05) is 25.1 Å². The number of fused-ring (bicyclic) bond motifs is 1. The standard InChI is InChI=1S/C12H14N2O3S/c1-3-17-8-5-4-6-9-11(8)13-12(18-9)14(2)7-10(15)16/h4-6H,3,7H2,1-2H3,(H,15,16). The number of aromatic nitrogens is 1. The van der Waals surface area contributed by atoms with Crippen molar-refractivity contribution < 1.29 is 14.6 Å². The third-order valence-corrected chi connectivity index (χ3v) is 3.50. The van der Waals surface area contributed by atoms with E-state index in [0.29, 0.717) is 11.7 Å². The number of carboxylic acids is 1. The third kappa shape index (κ3) is 2.53. The molecule has 0 fully saturated rings. The Kier molecular flexibility index (Phi) is 3.66. The molecule has 1 N–H and O–H groups in total. The van der Waals surface area contributed by atoms with Crippen LogP contribution in [-0.4, -0.2) is 36.3 Å². The van der Waals surface area contributed by atoms with Crippen LogP contribution >= 0.6 is 11.3 Å². The van der Waals surface area contributed by atoms with Gasteiger partial charge in [0.2, 0.25) is 0 Å². The zero-order chi connectivity index (χ0) is 13.1. The first-order valence-electron chi connectivity index (χ1n) is 5.57. The molecule has 0 aliphatic rings. The van der Waals surface area contributed by atoms with Gasteiger partial charge in [0.15, 0.2) is 5.13 Å². The number of hydrogen-bond acceptors (Lipinski definition) is 5. The number of para-hydroxylation sites is 1. The molecule has 0 saturated heterocycles. The van der Waals surface area contributed by atoms with Gasteiger partial charge in [0.05, 0.1) is 11.3 Å². The van der Waals surface area contributed by atoms with E-state index in [1.165, 1.54) is 11.3 Å². The van der Waals surface area contributed by atoms with E-state index in [1.807, 2.05) is 25.1 Å². The number of thiazole rings is 1. The van der Waals surface area contributed by atoms with Crippen LogP contribution in [0.2, 0.25) is 0 Å². The maximum absolute atomic E-state index is 10.7. The van der Waals surface area contributed by atoms with Gasteiger partial charge in [-0.1, -0.05) is 17.4 Å². The molecule has 0 aliphatic heterocycles. The van der Waals surface area contributed by atoms with Gasteiger partial charge in [0.25, 0.3) is 0 Å². The topological polar surface area (TPSA) is 62.7 Å². The summed E-state index contributed by atoms with van der Waals surface area (Å²) < 4.78 is 6.50. The summed E-state index contributed by atoms with van der Waals surface area (Å²) in [4.78, 5) is 16.7. The van der Waals surface area contributed by atoms with Crippen LogP contribution in [0.3, 0.4) is 0 Å². The Balaban J connectivity index is 2.37. The summed E-state index contributed by atoms with van der Waals surface area (Å²) in [6, 6.07) is 5.73. The Hall–Kier alpha value is -1.82. The minimum Gasteiger partial charge on any atom is -0.492 e. The Morgan fingerprint density at radius 1 is 1.56 bits per heavy atom. The zero-order valence-electron chi connectivity index (χ0n) is 10.2. The van der Waals surface area contributed by atoms with Gasteiger partial charge in [-0.25, -0.2) is 4.98 Å². The number of carboxylic acid groups (broad SMARTS) is 1. The molecular formula is C12H14N2O3S. The Bertz CT molecular complexity index is 567. The Morgan fingerprint density at radius 3 is 3.00 bits per heavy atom. The van der Waals surface area contributed by atoms with Crippen LogP contribution in [0.4, 0.5) is 5.13 Å². The van der Waals surface area contributed by atoms with Gasteiger partial charge in [-0.2, -0.15) is 0 Å². The van der Waals surface area contributed by atoms with Crippen LogP contribution in [0.15, 0.2) is 18.2 Å². The second kappa shape index (κ2) is 5.22. The molecule has 2 aromatic rings. The fourth-order valence-corrected chi connectivity index (χ4v) is 2.56. The first-order chi connectivity index (χ1) is 8.61. The summed E-state index contributed by atoms with van der Waals surface area (Å²) in [5, 5.41) is 9.45. The number of rotatable bonds is 5. The van der Waals surface area contributed by atoms with Crippen molar-refractivity contribution in [2.45, 2.75) is 6.92 Å². The smallest absolute Gasteiger partial charge is 0.323 e. The molecule has 1 heterocycles. The number of benzene rings is 1. The summed E-state index contributed by atoms with van der Waals surface area (Å²) in [7, 11) is 1.71. The van der Waals surface area contributed by atoms with E-state index in [0.717, 1.165) is 16.0 Å². The number of anilines is 1. The van der Waals surface area contributed by atoms with Gasteiger partial charge in [0, 0.05) is 7.05 Å². The van der Waals surface area contributed by atoms with Crippen LogP contribution in [0.5, 0.6) is 5.75 Å². The number of ether oxygens (including phenoxy) is 1. The molecule has 1 aromatic heterocycles. The molecule has 0 bridgehead atoms. The predicted octanol–water partition coefficient (Wildman–Crippen LogP) is 2.22. The summed E-state index contributed by atoms with van der Waals surface area (Å²) in [5.74, 6) is -0.136. The molecule has 1 aromatic carbocycles. The molecule has 0 amide bonds. The minimum atomic E-state index is -0.873. The highest BCUT2D eigenvalue weighted by atomic mass is 32.1. The van der Waals surface area contributed by atoms with E-state index in [9.17, 15) is 4.79 Å². The lowest BCUT2D eigenvalue weighted by atomic mass is 10.3. The number of hydrogen-bond donors (Lipinski definition) is 1. The second-order valence-electron chi connectivity index (χ2n) is 3.78. The van der Waals surface area contributed by atoms with Crippen LogP contribution < -0.4 is 9.64 Å². The van der Waals surface area contributed by atoms with E-state index in [1.54, 1.807) is 11.9 Å². The van der Waals surface area contributed by atoms with Gasteiger partial charge < -0.3 is 14.7 Å². The number of likely N-dealkylation sites (N-methyl/N-ethyl adjacent to an activating group) is 1. The van der Waals surface area contributed by atoms with Crippen LogP contribution in [-0.2, 0) is 4.79 Å². The number of carbonyl (C=O) groups is 1. The highest BCUT2D eigenvalue weighted by Gasteiger charge is 2.13. The highest BCUT2D eigenvalue weighted by Crippen LogP contribution is 2.33. The molecule has 0 unspecified atom stereocenters. The van der Waals surface area contributed by atoms with Gasteiger partial charge in [0.1, 0.15) is 17.8 Å². The average molecular weight is 266 g/mol. The van der Waals surface area contributed by atoms with Crippen molar-refractivity contribution >= 4 is 32.7 Å². The quantitative estimate of drug-likeness (QED) is 0.899. The lowest BCUT2D eigenvalue weighted by Gasteiger charge is -2.11. The van der Waals surface area contributed by atoms with Crippen LogP contribution in [0, 0.1) is 0 Å². The van der Waals surface area contributed by atoms with Crippen molar-refractivity contribution in [1.29, 1.82) is 0 Å². The fraction of sp³-hybridized carbons (Fsp3) is 0.333. The van der Waals surface area contributed by atoms with Gasteiger partial charge in [-0.3, -0.25) is 4.79 Å². The molecule has 0 spiro atoms. The average Bonchev–Trinajstić information content (AvgIpc) is 2.73. The van der Waals surface area contributed by atoms with Crippen molar-refractivity contribution in [2.24, 2.45) is 0 Å². The van der Waals surface area contributed by atoms with Gasteiger partial charge >= 0.3 is 5.97 Å². The van der Waals surface area contributed by atoms with E-state index in [-0.39, 0.29) is 6.54 Å². The SMILES string of the molecule is CCOc1cccc2sc(N(C)CC(=O)O)nc12. The van der Waals surface area contributed by atoms with Crippen LogP contribution in [0.25, 0.3) is 10.2 Å². The summed E-state index contributed by atoms with van der Waals surface area (Å²) in [6.45, 7) is 2.43. The Labute approximate surface area is 109 Å². The second-order valence-corrected chi connectivity index (χ2v) is 4.79. The first-order valence-corrected chi connectivity index (χ1v) is 6.38. The zero-order valence-corrected chi connectivity index (χ0v) is 11.0. The highest BCUT2D eigenvalue weighted by molar-refractivity contribution is 7.22. The maximum atomic E-state index is 10.7. The molecule has 96 valence electrons. The van der Waals surface area contributed by atoms with Crippen molar-refractivity contribution in [3.05, 3.63) is 18.2 Å². The molecule has 0 aliphatic carbocycles. The third-order valence-electron chi connectivity index (χ3n) is 2.37. The molecule has 0 atom stereocenters. The lowest BCUT2D eigenvalue weighted by molar-refractivity contribution is -0.135. The monoisotopic (exact) mass is 266 g/mol. The molecule has 0 saturated carbocycles. The van der Waals surface area contributed by atoms with Crippen molar-refractivity contribution in [3.8, 4) is 5.75 Å². The van der Waals surface area contributed by atoms with E-state index in [2.05, 4.69) is 4.98 Å². The molecule has 6 heteroatoms. The molecule has 18 heavy (non-hydrogen) atoms. The molecule has 0 radical (unpaired) electrons. The van der Waals surface area contributed by atoms with Crippen molar-refractivity contribution in [3.63, 3.8) is 0 Å². The number of aliphatic carboxylic acids is 1. The van der Waals surface area contributed by atoms with Gasteiger partial charge in [-0.15, -0.1) is 0 Å².